The van der Waals surface area contributed by atoms with Crippen LogP contribution in [0.4, 0.5) is 5.69 Å². The zero-order valence-corrected chi connectivity index (χ0v) is 16.4. The van der Waals surface area contributed by atoms with E-state index in [0.717, 1.165) is 29.5 Å². The van der Waals surface area contributed by atoms with Gasteiger partial charge >= 0.3 is 0 Å². The molecule has 0 radical (unpaired) electrons. The van der Waals surface area contributed by atoms with Crippen molar-refractivity contribution in [1.82, 2.24) is 0 Å². The third-order valence-corrected chi connectivity index (χ3v) is 4.14. The van der Waals surface area contributed by atoms with Gasteiger partial charge in [-0.25, -0.2) is 0 Å². The van der Waals surface area contributed by atoms with Crippen molar-refractivity contribution in [3.63, 3.8) is 0 Å². The Kier molecular flexibility index (Phi) is 7.19. The first-order valence-corrected chi connectivity index (χ1v) is 9.57. The molecule has 0 aliphatic heterocycles. The van der Waals surface area contributed by atoms with E-state index >= 15 is 0 Å². The van der Waals surface area contributed by atoms with Gasteiger partial charge in [0.05, 0.1) is 6.54 Å². The maximum atomic E-state index is 5.94. The van der Waals surface area contributed by atoms with Crippen molar-refractivity contribution >= 4 is 5.69 Å². The van der Waals surface area contributed by atoms with Crippen molar-refractivity contribution in [2.75, 3.05) is 25.1 Å². The summed E-state index contributed by atoms with van der Waals surface area (Å²) in [5, 5.41) is 3.39. The van der Waals surface area contributed by atoms with Crippen LogP contribution in [0.3, 0.4) is 0 Å². The molecule has 3 aromatic rings. The van der Waals surface area contributed by atoms with Gasteiger partial charge in [0, 0.05) is 5.69 Å². The zero-order chi connectivity index (χ0) is 19.6. The topological polar surface area (TPSA) is 39.7 Å². The summed E-state index contributed by atoms with van der Waals surface area (Å²) < 4.78 is 17.3. The van der Waals surface area contributed by atoms with E-state index in [1.165, 1.54) is 5.56 Å². The summed E-state index contributed by atoms with van der Waals surface area (Å²) in [6.45, 7) is 5.85. The van der Waals surface area contributed by atoms with E-state index < -0.39 is 0 Å². The maximum Gasteiger partial charge on any atom is 0.122 e. The molecule has 3 aromatic carbocycles. The summed E-state index contributed by atoms with van der Waals surface area (Å²) in [6, 6.07) is 25.8. The van der Waals surface area contributed by atoms with Gasteiger partial charge < -0.3 is 19.5 Å². The molecule has 0 aromatic heterocycles. The normalized spacial score (nSPS) is 11.5. The van der Waals surface area contributed by atoms with Crippen LogP contribution in [-0.4, -0.2) is 25.9 Å². The fourth-order valence-electron chi connectivity index (χ4n) is 2.73. The van der Waals surface area contributed by atoms with Crippen LogP contribution in [0.5, 0.6) is 17.2 Å². The van der Waals surface area contributed by atoms with Crippen LogP contribution >= 0.6 is 0 Å². The Labute approximate surface area is 167 Å². The first-order chi connectivity index (χ1) is 13.7. The number of benzene rings is 3. The summed E-state index contributed by atoms with van der Waals surface area (Å²) in [6.07, 6.45) is 0.0628. The standard InChI is InChI=1S/C24H27NO3/c1-19-7-6-10-24(17-19)28-20(2)18-25-21-11-13-23(14-12-21)27-16-15-26-22-8-4-3-5-9-22/h3-14,17,20,25H,15-16,18H2,1-2H3. The van der Waals surface area contributed by atoms with Gasteiger partial charge in [-0.1, -0.05) is 30.3 Å². The van der Waals surface area contributed by atoms with Crippen LogP contribution in [0.15, 0.2) is 78.9 Å². The molecular weight excluding hydrogens is 350 g/mol. The maximum absolute atomic E-state index is 5.94. The van der Waals surface area contributed by atoms with Gasteiger partial charge in [0.1, 0.15) is 36.6 Å². The molecule has 0 bridgehead atoms. The minimum Gasteiger partial charge on any atom is -0.490 e. The predicted octanol–water partition coefficient (Wildman–Crippen LogP) is 5.33. The summed E-state index contributed by atoms with van der Waals surface area (Å²) in [4.78, 5) is 0. The van der Waals surface area contributed by atoms with E-state index in [4.69, 9.17) is 14.2 Å². The van der Waals surface area contributed by atoms with Crippen molar-refractivity contribution in [3.05, 3.63) is 84.4 Å². The molecule has 4 nitrogen and oxygen atoms in total. The number of nitrogens with one attached hydrogen (secondary N) is 1. The molecule has 3 rings (SSSR count). The van der Waals surface area contributed by atoms with Crippen LogP contribution in [0.1, 0.15) is 12.5 Å². The Morgan fingerprint density at radius 1 is 0.750 bits per heavy atom. The Hall–Kier alpha value is -3.14. The molecular formula is C24H27NO3. The van der Waals surface area contributed by atoms with Crippen LogP contribution in [-0.2, 0) is 0 Å². The predicted molar refractivity (Wildman–Crippen MR) is 114 cm³/mol. The second kappa shape index (κ2) is 10.3. The Bertz CT molecular complexity index is 834. The third kappa shape index (κ3) is 6.54. The minimum atomic E-state index is 0.0628. The van der Waals surface area contributed by atoms with E-state index in [2.05, 4.69) is 25.2 Å². The summed E-state index contributed by atoms with van der Waals surface area (Å²) in [5.74, 6) is 2.58. The number of aryl methyl sites for hydroxylation is 1. The first-order valence-electron chi connectivity index (χ1n) is 9.57. The lowest BCUT2D eigenvalue weighted by atomic mass is 10.2. The molecule has 1 N–H and O–H groups in total. The lowest BCUT2D eigenvalue weighted by molar-refractivity contribution is 0.217. The van der Waals surface area contributed by atoms with Gasteiger partial charge in [0.15, 0.2) is 0 Å². The van der Waals surface area contributed by atoms with Crippen molar-refractivity contribution in [3.8, 4) is 17.2 Å². The SMILES string of the molecule is Cc1cccc(OC(C)CNc2ccc(OCCOc3ccccc3)cc2)c1. The van der Waals surface area contributed by atoms with Crippen LogP contribution in [0.25, 0.3) is 0 Å². The third-order valence-electron chi connectivity index (χ3n) is 4.14. The Balaban J connectivity index is 1.36. The monoisotopic (exact) mass is 377 g/mol. The van der Waals surface area contributed by atoms with Crippen LogP contribution < -0.4 is 19.5 Å². The smallest absolute Gasteiger partial charge is 0.122 e. The second-order valence-electron chi connectivity index (χ2n) is 6.66. The molecule has 4 heteroatoms. The number of hydrogen-bond donors (Lipinski definition) is 1. The first kappa shape index (κ1) is 19.6. The van der Waals surface area contributed by atoms with Crippen molar-refractivity contribution in [1.29, 1.82) is 0 Å². The molecule has 1 unspecified atom stereocenters. The lowest BCUT2D eigenvalue weighted by Crippen LogP contribution is -2.22. The average molecular weight is 377 g/mol. The molecule has 1 atom stereocenters. The number of ether oxygens (including phenoxy) is 3. The number of hydrogen-bond acceptors (Lipinski definition) is 4. The van der Waals surface area contributed by atoms with Crippen LogP contribution in [0, 0.1) is 6.92 Å². The molecule has 0 aliphatic carbocycles. The van der Waals surface area contributed by atoms with Gasteiger partial charge in [0.2, 0.25) is 0 Å². The van der Waals surface area contributed by atoms with Crippen LogP contribution in [0.2, 0.25) is 0 Å². The average Bonchev–Trinajstić information content (AvgIpc) is 2.71. The van der Waals surface area contributed by atoms with Gasteiger partial charge in [-0.3, -0.25) is 0 Å². The highest BCUT2D eigenvalue weighted by atomic mass is 16.5. The molecule has 0 amide bonds. The van der Waals surface area contributed by atoms with E-state index in [1.807, 2.05) is 72.8 Å². The largest absolute Gasteiger partial charge is 0.490 e. The minimum absolute atomic E-state index is 0.0628. The number of rotatable bonds is 10. The quantitative estimate of drug-likeness (QED) is 0.485. The number of para-hydroxylation sites is 1. The van der Waals surface area contributed by atoms with Gasteiger partial charge in [-0.05, 0) is 67.9 Å². The van der Waals surface area contributed by atoms with E-state index in [9.17, 15) is 0 Å². The molecule has 0 saturated carbocycles. The fraction of sp³-hybridized carbons (Fsp3) is 0.250. The summed E-state index contributed by atoms with van der Waals surface area (Å²) in [7, 11) is 0. The molecule has 0 spiro atoms. The van der Waals surface area contributed by atoms with Gasteiger partial charge in [-0.15, -0.1) is 0 Å². The fourth-order valence-corrected chi connectivity index (χ4v) is 2.73. The van der Waals surface area contributed by atoms with Gasteiger partial charge in [-0.2, -0.15) is 0 Å². The Morgan fingerprint density at radius 3 is 2.07 bits per heavy atom. The lowest BCUT2D eigenvalue weighted by Gasteiger charge is -2.16. The highest BCUT2D eigenvalue weighted by Gasteiger charge is 2.04. The molecule has 0 heterocycles. The highest BCUT2D eigenvalue weighted by Crippen LogP contribution is 2.17. The highest BCUT2D eigenvalue weighted by molar-refractivity contribution is 5.46. The van der Waals surface area contributed by atoms with Crippen molar-refractivity contribution in [2.45, 2.75) is 20.0 Å². The second-order valence-corrected chi connectivity index (χ2v) is 6.66. The van der Waals surface area contributed by atoms with E-state index in [-0.39, 0.29) is 6.10 Å². The molecule has 0 aliphatic rings. The molecule has 28 heavy (non-hydrogen) atoms. The summed E-state index contributed by atoms with van der Waals surface area (Å²) >= 11 is 0. The van der Waals surface area contributed by atoms with Crippen molar-refractivity contribution in [2.24, 2.45) is 0 Å². The number of anilines is 1. The molecule has 0 fully saturated rings. The molecule has 0 saturated heterocycles. The summed E-state index contributed by atoms with van der Waals surface area (Å²) in [5.41, 5.74) is 2.23. The van der Waals surface area contributed by atoms with Crippen molar-refractivity contribution < 1.29 is 14.2 Å². The van der Waals surface area contributed by atoms with E-state index in [1.54, 1.807) is 0 Å². The van der Waals surface area contributed by atoms with E-state index in [0.29, 0.717) is 13.2 Å². The Morgan fingerprint density at radius 2 is 1.39 bits per heavy atom. The zero-order valence-electron chi connectivity index (χ0n) is 16.4. The molecule has 146 valence electrons. The van der Waals surface area contributed by atoms with Gasteiger partial charge in [0.25, 0.3) is 0 Å².